The molecule has 144 valence electrons. The quantitative estimate of drug-likeness (QED) is 0.490. The molecule has 4 aromatic rings. The zero-order valence-electron chi connectivity index (χ0n) is 16.4. The lowest BCUT2D eigenvalue weighted by Crippen LogP contribution is -2.15. The number of hydrogen-bond acceptors (Lipinski definition) is 5. The van der Waals surface area contributed by atoms with Gasteiger partial charge in [-0.2, -0.15) is 4.98 Å². The molecule has 4 rings (SSSR count). The Morgan fingerprint density at radius 2 is 1.48 bits per heavy atom. The third-order valence-electron chi connectivity index (χ3n) is 4.67. The predicted molar refractivity (Wildman–Crippen MR) is 118 cm³/mol. The average Bonchev–Trinajstić information content (AvgIpc) is 2.80. The van der Waals surface area contributed by atoms with Crippen molar-refractivity contribution >= 4 is 17.6 Å². The zero-order valence-corrected chi connectivity index (χ0v) is 16.4. The van der Waals surface area contributed by atoms with Crippen LogP contribution in [0, 0.1) is 0 Å². The van der Waals surface area contributed by atoms with E-state index in [1.807, 2.05) is 60.5 Å². The SMILES string of the molecule is CN(c1cccc(-c2ccccc2)n1)c1ccnc(NCCc2ccccc2)n1. The van der Waals surface area contributed by atoms with Crippen molar-refractivity contribution in [2.75, 3.05) is 23.8 Å². The molecular formula is C24H23N5. The summed E-state index contributed by atoms with van der Waals surface area (Å²) in [6, 6.07) is 28.5. The molecular weight excluding hydrogens is 358 g/mol. The molecule has 0 saturated heterocycles. The molecule has 0 radical (unpaired) electrons. The second kappa shape index (κ2) is 8.97. The van der Waals surface area contributed by atoms with Crippen molar-refractivity contribution in [2.45, 2.75) is 6.42 Å². The number of hydrogen-bond donors (Lipinski definition) is 1. The Morgan fingerprint density at radius 1 is 0.759 bits per heavy atom. The Kier molecular flexibility index (Phi) is 5.76. The molecule has 0 aliphatic heterocycles. The van der Waals surface area contributed by atoms with Crippen LogP contribution in [-0.2, 0) is 6.42 Å². The number of nitrogens with zero attached hydrogens (tertiary/aromatic N) is 4. The molecule has 1 N–H and O–H groups in total. The highest BCUT2D eigenvalue weighted by atomic mass is 15.2. The van der Waals surface area contributed by atoms with Crippen LogP contribution in [0.2, 0.25) is 0 Å². The van der Waals surface area contributed by atoms with Crippen LogP contribution < -0.4 is 10.2 Å². The van der Waals surface area contributed by atoms with E-state index < -0.39 is 0 Å². The summed E-state index contributed by atoms with van der Waals surface area (Å²) in [7, 11) is 1.97. The van der Waals surface area contributed by atoms with E-state index >= 15 is 0 Å². The van der Waals surface area contributed by atoms with Crippen LogP contribution in [0.25, 0.3) is 11.3 Å². The highest BCUT2D eigenvalue weighted by Gasteiger charge is 2.10. The van der Waals surface area contributed by atoms with E-state index in [1.54, 1.807) is 6.20 Å². The minimum Gasteiger partial charge on any atom is -0.354 e. The Labute approximate surface area is 171 Å². The molecule has 0 amide bonds. The van der Waals surface area contributed by atoms with Crippen molar-refractivity contribution in [1.29, 1.82) is 0 Å². The maximum absolute atomic E-state index is 4.80. The van der Waals surface area contributed by atoms with Gasteiger partial charge in [0.05, 0.1) is 5.69 Å². The summed E-state index contributed by atoms with van der Waals surface area (Å²) in [6.45, 7) is 0.777. The zero-order chi connectivity index (χ0) is 19.9. The summed E-state index contributed by atoms with van der Waals surface area (Å²) in [4.78, 5) is 15.8. The second-order valence-electron chi connectivity index (χ2n) is 6.71. The molecule has 2 aromatic carbocycles. The van der Waals surface area contributed by atoms with Gasteiger partial charge in [0.1, 0.15) is 11.6 Å². The van der Waals surface area contributed by atoms with Crippen molar-refractivity contribution in [1.82, 2.24) is 15.0 Å². The smallest absolute Gasteiger partial charge is 0.224 e. The first-order valence-electron chi connectivity index (χ1n) is 9.67. The number of anilines is 3. The number of benzene rings is 2. The van der Waals surface area contributed by atoms with Gasteiger partial charge in [0.25, 0.3) is 0 Å². The van der Waals surface area contributed by atoms with Gasteiger partial charge in [-0.25, -0.2) is 9.97 Å². The lowest BCUT2D eigenvalue weighted by Gasteiger charge is -2.18. The van der Waals surface area contributed by atoms with E-state index in [0.717, 1.165) is 35.9 Å². The van der Waals surface area contributed by atoms with Gasteiger partial charge in [-0.15, -0.1) is 0 Å². The van der Waals surface area contributed by atoms with Crippen molar-refractivity contribution in [3.05, 3.63) is 96.7 Å². The normalized spacial score (nSPS) is 10.5. The van der Waals surface area contributed by atoms with E-state index in [2.05, 4.69) is 51.7 Å². The second-order valence-corrected chi connectivity index (χ2v) is 6.71. The standard InChI is InChI=1S/C24H23N5/c1-29(22-14-8-13-21(27-22)20-11-6-3-7-12-20)23-16-18-26-24(28-23)25-17-15-19-9-4-2-5-10-19/h2-14,16,18H,15,17H2,1H3,(H,25,26,28). The average molecular weight is 381 g/mol. The first-order chi connectivity index (χ1) is 14.3. The fourth-order valence-electron chi connectivity index (χ4n) is 3.08. The summed E-state index contributed by atoms with van der Waals surface area (Å²) < 4.78 is 0. The number of rotatable bonds is 7. The summed E-state index contributed by atoms with van der Waals surface area (Å²) in [5, 5.41) is 3.31. The highest BCUT2D eigenvalue weighted by molar-refractivity contribution is 5.64. The number of aromatic nitrogens is 3. The van der Waals surface area contributed by atoms with Gasteiger partial charge in [-0.05, 0) is 30.2 Å². The molecule has 5 heteroatoms. The Balaban J connectivity index is 1.46. The lowest BCUT2D eigenvalue weighted by atomic mass is 10.1. The molecule has 0 atom stereocenters. The topological polar surface area (TPSA) is 53.9 Å². The first-order valence-corrected chi connectivity index (χ1v) is 9.67. The maximum Gasteiger partial charge on any atom is 0.224 e. The minimum atomic E-state index is 0.615. The van der Waals surface area contributed by atoms with E-state index in [1.165, 1.54) is 5.56 Å². The van der Waals surface area contributed by atoms with Crippen LogP contribution in [0.3, 0.4) is 0 Å². The molecule has 0 unspecified atom stereocenters. The molecule has 29 heavy (non-hydrogen) atoms. The monoisotopic (exact) mass is 381 g/mol. The van der Waals surface area contributed by atoms with Gasteiger partial charge in [-0.1, -0.05) is 66.7 Å². The van der Waals surface area contributed by atoms with Crippen LogP contribution in [0.1, 0.15) is 5.56 Å². The number of nitrogens with one attached hydrogen (secondary N) is 1. The third-order valence-corrected chi connectivity index (χ3v) is 4.67. The third kappa shape index (κ3) is 4.76. The molecule has 0 aliphatic rings. The van der Waals surface area contributed by atoms with Gasteiger partial charge in [0.2, 0.25) is 5.95 Å². The highest BCUT2D eigenvalue weighted by Crippen LogP contribution is 2.24. The van der Waals surface area contributed by atoms with Crippen molar-refractivity contribution in [3.8, 4) is 11.3 Å². The summed E-state index contributed by atoms with van der Waals surface area (Å²) in [5.74, 6) is 2.24. The Bertz CT molecular complexity index is 1050. The molecule has 0 fully saturated rings. The van der Waals surface area contributed by atoms with Crippen molar-refractivity contribution < 1.29 is 0 Å². The van der Waals surface area contributed by atoms with Gasteiger partial charge in [0, 0.05) is 25.4 Å². The lowest BCUT2D eigenvalue weighted by molar-refractivity contribution is 0.973. The van der Waals surface area contributed by atoms with Crippen LogP contribution in [0.15, 0.2) is 91.1 Å². The summed E-state index contributed by atoms with van der Waals surface area (Å²) >= 11 is 0. The van der Waals surface area contributed by atoms with Gasteiger partial charge >= 0.3 is 0 Å². The Hall–Kier alpha value is -3.73. The van der Waals surface area contributed by atoms with Gasteiger partial charge in [-0.3, -0.25) is 0 Å². The Morgan fingerprint density at radius 3 is 2.28 bits per heavy atom. The predicted octanol–water partition coefficient (Wildman–Crippen LogP) is 4.96. The van der Waals surface area contributed by atoms with E-state index in [0.29, 0.717) is 5.95 Å². The van der Waals surface area contributed by atoms with Crippen molar-refractivity contribution in [3.63, 3.8) is 0 Å². The van der Waals surface area contributed by atoms with Gasteiger partial charge in [0.15, 0.2) is 0 Å². The molecule has 0 bridgehead atoms. The summed E-state index contributed by atoms with van der Waals surface area (Å²) in [5.41, 5.74) is 3.31. The first kappa shape index (κ1) is 18.6. The molecule has 0 spiro atoms. The molecule has 5 nitrogen and oxygen atoms in total. The van der Waals surface area contributed by atoms with Crippen LogP contribution in [0.5, 0.6) is 0 Å². The fraction of sp³-hybridized carbons (Fsp3) is 0.125. The van der Waals surface area contributed by atoms with E-state index in [4.69, 9.17) is 4.98 Å². The number of pyridine rings is 1. The maximum atomic E-state index is 4.80. The van der Waals surface area contributed by atoms with Crippen LogP contribution in [0.4, 0.5) is 17.6 Å². The molecule has 2 heterocycles. The molecule has 0 saturated carbocycles. The minimum absolute atomic E-state index is 0.615. The van der Waals surface area contributed by atoms with Crippen molar-refractivity contribution in [2.24, 2.45) is 0 Å². The molecule has 0 aliphatic carbocycles. The summed E-state index contributed by atoms with van der Waals surface area (Å²) in [6.07, 6.45) is 2.69. The fourth-order valence-corrected chi connectivity index (χ4v) is 3.08. The van der Waals surface area contributed by atoms with Crippen LogP contribution >= 0.6 is 0 Å². The van der Waals surface area contributed by atoms with E-state index in [9.17, 15) is 0 Å². The van der Waals surface area contributed by atoms with Crippen LogP contribution in [-0.4, -0.2) is 28.5 Å². The van der Waals surface area contributed by atoms with Gasteiger partial charge < -0.3 is 10.2 Å². The molecule has 2 aromatic heterocycles. The largest absolute Gasteiger partial charge is 0.354 e. The van der Waals surface area contributed by atoms with E-state index in [-0.39, 0.29) is 0 Å².